The molecule has 0 spiro atoms. The Kier molecular flexibility index (Phi) is 7.89. The Morgan fingerprint density at radius 1 is 1.14 bits per heavy atom. The summed E-state index contributed by atoms with van der Waals surface area (Å²) in [6.07, 6.45) is -4.79. The Labute approximate surface area is 165 Å². The van der Waals surface area contributed by atoms with Crippen LogP contribution in [-0.2, 0) is 10.7 Å². The van der Waals surface area contributed by atoms with Crippen LogP contribution in [0.5, 0.6) is 5.75 Å². The van der Waals surface area contributed by atoms with E-state index in [0.29, 0.717) is 6.07 Å². The molecule has 0 atom stereocenters. The number of rotatable bonds is 2. The Bertz CT molecular complexity index is 769. The van der Waals surface area contributed by atoms with Crippen LogP contribution in [0.1, 0.15) is 5.56 Å². The maximum atomic E-state index is 12.7. The fourth-order valence-electron chi connectivity index (χ4n) is 1.56. The van der Waals surface area contributed by atoms with Crippen molar-refractivity contribution in [3.63, 3.8) is 0 Å². The van der Waals surface area contributed by atoms with Crippen molar-refractivity contribution in [1.29, 1.82) is 0 Å². The zero-order valence-electron chi connectivity index (χ0n) is 11.3. The van der Waals surface area contributed by atoms with Gasteiger partial charge in [0, 0.05) is 17.5 Å². The average molecular weight is 354 g/mol. The smallest absolute Gasteiger partial charge is 0.780 e. The minimum absolute atomic E-state index is 0. The van der Waals surface area contributed by atoms with Crippen LogP contribution in [-0.4, -0.2) is 0 Å². The van der Waals surface area contributed by atoms with Crippen LogP contribution in [0.2, 0.25) is 0 Å². The number of halogens is 3. The molecule has 12 heteroatoms. The van der Waals surface area contributed by atoms with E-state index in [9.17, 15) is 32.3 Å². The van der Waals surface area contributed by atoms with Gasteiger partial charge >= 0.3 is 70.9 Å². The minimum Gasteiger partial charge on any atom is -0.780 e. The van der Waals surface area contributed by atoms with E-state index in [1.807, 2.05) is 0 Å². The van der Waals surface area contributed by atoms with E-state index in [0.717, 1.165) is 12.1 Å². The third kappa shape index (κ3) is 5.67. The fourth-order valence-corrected chi connectivity index (χ4v) is 1.94. The molecule has 1 aromatic carbocycles. The van der Waals surface area contributed by atoms with Crippen molar-refractivity contribution in [2.45, 2.75) is 6.18 Å². The number of phosphoric ester groups is 1. The van der Waals surface area contributed by atoms with Gasteiger partial charge in [-0.25, -0.2) is 4.79 Å². The van der Waals surface area contributed by atoms with Crippen LogP contribution in [0.15, 0.2) is 33.5 Å². The zero-order valence-corrected chi connectivity index (χ0v) is 16.2. The summed E-state index contributed by atoms with van der Waals surface area (Å²) in [5.74, 6) is -0.548. The molecule has 6 nitrogen and oxygen atoms in total. The van der Waals surface area contributed by atoms with E-state index < -0.39 is 41.9 Å². The Balaban J connectivity index is 0.00000220. The molecule has 0 aliphatic carbocycles. The SMILES string of the molecule is O=c1cc(C(F)(F)F)c2ccc(OP(=O)([O-])[O-])cc2o1.[Na+].[Na+]. The van der Waals surface area contributed by atoms with E-state index in [2.05, 4.69) is 8.94 Å². The summed E-state index contributed by atoms with van der Waals surface area (Å²) >= 11 is 0. The molecule has 0 saturated carbocycles. The summed E-state index contributed by atoms with van der Waals surface area (Å²) in [5, 5.41) is -0.462. The van der Waals surface area contributed by atoms with E-state index in [1.54, 1.807) is 0 Å². The molecule has 0 bridgehead atoms. The molecule has 1 aromatic heterocycles. The van der Waals surface area contributed by atoms with Crippen molar-refractivity contribution in [2.75, 3.05) is 0 Å². The van der Waals surface area contributed by atoms with Crippen molar-refractivity contribution in [3.8, 4) is 5.75 Å². The van der Waals surface area contributed by atoms with Crippen molar-refractivity contribution >= 4 is 18.8 Å². The Hall–Kier alpha value is 0.170. The van der Waals surface area contributed by atoms with Gasteiger partial charge in [0.2, 0.25) is 0 Å². The molecule has 0 radical (unpaired) electrons. The fraction of sp³-hybridized carbons (Fsp3) is 0.100. The maximum absolute atomic E-state index is 12.7. The predicted molar refractivity (Wildman–Crippen MR) is 55.7 cm³/mol. The van der Waals surface area contributed by atoms with Crippen molar-refractivity contribution < 1.29 is 95.6 Å². The predicted octanol–water partition coefficient (Wildman–Crippen LogP) is -4.97. The monoisotopic (exact) mass is 354 g/mol. The second-order valence-corrected chi connectivity index (χ2v) is 4.75. The van der Waals surface area contributed by atoms with Crippen LogP contribution in [0.4, 0.5) is 13.2 Å². The first kappa shape index (κ1) is 22.2. The molecule has 0 aliphatic heterocycles. The molecule has 0 fully saturated rings. The number of fused-ring (bicyclic) bond motifs is 1. The van der Waals surface area contributed by atoms with Crippen LogP contribution >= 0.6 is 7.82 Å². The molecule has 108 valence electrons. The summed E-state index contributed by atoms with van der Waals surface area (Å²) in [6, 6.07) is 2.68. The molecule has 1 heterocycles. The molecule has 22 heavy (non-hydrogen) atoms. The average Bonchev–Trinajstić information content (AvgIpc) is 2.23. The molecule has 0 saturated heterocycles. The summed E-state index contributed by atoms with van der Waals surface area (Å²) in [5.41, 5.74) is -3.05. The molecule has 0 aliphatic rings. The van der Waals surface area contributed by atoms with Gasteiger partial charge in [-0.3, -0.25) is 0 Å². The molecular weight excluding hydrogens is 350 g/mol. The minimum atomic E-state index is -5.36. The summed E-state index contributed by atoms with van der Waals surface area (Å²) in [6.45, 7) is 0. The number of phosphoric acid groups is 1. The first-order valence-corrected chi connectivity index (χ1v) is 6.39. The van der Waals surface area contributed by atoms with E-state index in [1.165, 1.54) is 0 Å². The molecular formula is C10H4F3Na2O6P. The second-order valence-electron chi connectivity index (χ2n) is 3.67. The maximum Gasteiger partial charge on any atom is 1.00 e. The molecule has 0 unspecified atom stereocenters. The number of hydrogen-bond donors (Lipinski definition) is 0. The molecule has 2 rings (SSSR count). The van der Waals surface area contributed by atoms with Gasteiger partial charge in [-0.05, 0) is 12.1 Å². The van der Waals surface area contributed by atoms with Gasteiger partial charge in [-0.15, -0.1) is 0 Å². The topological polar surface area (TPSA) is 103 Å². The van der Waals surface area contributed by atoms with E-state index in [-0.39, 0.29) is 65.2 Å². The summed E-state index contributed by atoms with van der Waals surface area (Å²) in [4.78, 5) is 31.9. The van der Waals surface area contributed by atoms with Crippen LogP contribution in [0, 0.1) is 0 Å². The quantitative estimate of drug-likeness (QED) is 0.304. The Morgan fingerprint density at radius 2 is 1.73 bits per heavy atom. The van der Waals surface area contributed by atoms with Crippen LogP contribution in [0.25, 0.3) is 11.0 Å². The third-order valence-corrected chi connectivity index (χ3v) is 2.67. The van der Waals surface area contributed by atoms with Crippen LogP contribution < -0.4 is 79.1 Å². The van der Waals surface area contributed by atoms with Gasteiger partial charge in [0.05, 0.1) is 5.56 Å². The second kappa shape index (κ2) is 7.83. The van der Waals surface area contributed by atoms with E-state index >= 15 is 0 Å². The third-order valence-electron chi connectivity index (χ3n) is 2.24. The first-order valence-electron chi connectivity index (χ1n) is 4.93. The van der Waals surface area contributed by atoms with Gasteiger partial charge in [-0.1, -0.05) is 0 Å². The molecule has 0 amide bonds. The van der Waals surface area contributed by atoms with Gasteiger partial charge < -0.3 is 23.3 Å². The first-order chi connectivity index (χ1) is 9.06. The van der Waals surface area contributed by atoms with Gasteiger partial charge in [0.15, 0.2) is 0 Å². The normalized spacial score (nSPS) is 11.5. The number of alkyl halides is 3. The summed E-state index contributed by atoms with van der Waals surface area (Å²) < 4.78 is 57.0. The Morgan fingerprint density at radius 3 is 2.23 bits per heavy atom. The van der Waals surface area contributed by atoms with Crippen molar-refractivity contribution in [3.05, 3.63) is 40.2 Å². The largest absolute Gasteiger partial charge is 1.00 e. The standard InChI is InChI=1S/C10H6F3O6P.2Na/c11-10(12,13)7-4-9(14)18-8-3-5(1-2-6(7)8)19-20(15,16)17;;/h1-4H,(H2,15,16,17);;/q;2*+1/p-2. The molecule has 2 aromatic rings. The van der Waals surface area contributed by atoms with E-state index in [4.69, 9.17) is 0 Å². The van der Waals surface area contributed by atoms with Gasteiger partial charge in [0.25, 0.3) is 0 Å². The zero-order chi connectivity index (χ0) is 15.1. The summed E-state index contributed by atoms with van der Waals surface area (Å²) in [7, 11) is -5.36. The number of hydrogen-bond acceptors (Lipinski definition) is 6. The van der Waals surface area contributed by atoms with Crippen molar-refractivity contribution in [2.24, 2.45) is 0 Å². The van der Waals surface area contributed by atoms with Gasteiger partial charge in [0.1, 0.15) is 19.2 Å². The molecule has 0 N–H and O–H groups in total. The van der Waals surface area contributed by atoms with Gasteiger partial charge in [-0.2, -0.15) is 13.2 Å². The van der Waals surface area contributed by atoms with Crippen molar-refractivity contribution in [1.82, 2.24) is 0 Å². The van der Waals surface area contributed by atoms with Crippen LogP contribution in [0.3, 0.4) is 0 Å². The number of benzene rings is 1.